The average molecular weight is 398 g/mol. The van der Waals surface area contributed by atoms with Crippen LogP contribution in [0.25, 0.3) is 5.82 Å². The molecule has 0 radical (unpaired) electrons. The van der Waals surface area contributed by atoms with Gasteiger partial charge in [0.05, 0.1) is 17.5 Å². The summed E-state index contributed by atoms with van der Waals surface area (Å²) in [5.74, 6) is 0.730. The van der Waals surface area contributed by atoms with Gasteiger partial charge in [-0.25, -0.2) is 9.67 Å². The molecule has 2 fully saturated rings. The number of hydrogen-bond acceptors (Lipinski definition) is 4. The Hall–Kier alpha value is -1.63. The van der Waals surface area contributed by atoms with Crippen molar-refractivity contribution in [1.82, 2.24) is 25.4 Å². The van der Waals surface area contributed by atoms with Crippen LogP contribution in [-0.2, 0) is 6.42 Å². The van der Waals surface area contributed by atoms with Crippen LogP contribution in [0, 0.1) is 0 Å². The molecule has 142 valence electrons. The zero-order chi connectivity index (χ0) is 16.5. The van der Waals surface area contributed by atoms with E-state index < -0.39 is 0 Å². The maximum Gasteiger partial charge on any atom is 0.254 e. The maximum atomic E-state index is 12.8. The van der Waals surface area contributed by atoms with Crippen LogP contribution in [0.3, 0.4) is 0 Å². The highest BCUT2D eigenvalue weighted by Gasteiger charge is 2.34. The van der Waals surface area contributed by atoms with Crippen molar-refractivity contribution >= 4 is 30.7 Å². The van der Waals surface area contributed by atoms with Crippen LogP contribution in [0.5, 0.6) is 0 Å². The lowest BCUT2D eigenvalue weighted by molar-refractivity contribution is 0.0923. The van der Waals surface area contributed by atoms with E-state index in [9.17, 15) is 4.79 Å². The lowest BCUT2D eigenvalue weighted by Gasteiger charge is -2.29. The standard InChI is InChI=1S/C18H23N5O.2ClH/c1-2-16-15(11-20-23(16)17-5-3-4-8-19-17)18(24)22-14-9-12-6-7-13(10-14)21-12;;/h3-5,8,11-14,21H,2,6-7,9-10H2,1H3,(H,22,24);2*1H. The number of carbonyl (C=O) groups is 1. The fourth-order valence-corrected chi connectivity index (χ4v) is 4.02. The number of aromatic nitrogens is 3. The molecule has 6 nitrogen and oxygen atoms in total. The van der Waals surface area contributed by atoms with Crippen LogP contribution in [0.1, 0.15) is 48.7 Å². The minimum absolute atomic E-state index is 0. The first kappa shape index (κ1) is 20.7. The lowest BCUT2D eigenvalue weighted by Crippen LogP contribution is -2.48. The summed E-state index contributed by atoms with van der Waals surface area (Å²) in [5, 5.41) is 11.2. The van der Waals surface area contributed by atoms with Gasteiger partial charge in [0.1, 0.15) is 0 Å². The Bertz CT molecular complexity index is 724. The number of rotatable bonds is 4. The summed E-state index contributed by atoms with van der Waals surface area (Å²) in [6.45, 7) is 2.04. The quantitative estimate of drug-likeness (QED) is 0.831. The Morgan fingerprint density at radius 1 is 1.27 bits per heavy atom. The summed E-state index contributed by atoms with van der Waals surface area (Å²) < 4.78 is 1.76. The summed E-state index contributed by atoms with van der Waals surface area (Å²) in [6.07, 6.45) is 8.65. The second-order valence-electron chi connectivity index (χ2n) is 6.74. The van der Waals surface area contributed by atoms with Gasteiger partial charge in [-0.2, -0.15) is 5.10 Å². The molecule has 26 heavy (non-hydrogen) atoms. The molecule has 1 amide bonds. The van der Waals surface area contributed by atoms with Crippen LogP contribution in [0.2, 0.25) is 0 Å². The summed E-state index contributed by atoms with van der Waals surface area (Å²) in [5.41, 5.74) is 1.57. The van der Waals surface area contributed by atoms with E-state index in [-0.39, 0.29) is 36.8 Å². The molecule has 2 N–H and O–H groups in total. The van der Waals surface area contributed by atoms with Gasteiger partial charge in [-0.1, -0.05) is 13.0 Å². The van der Waals surface area contributed by atoms with E-state index >= 15 is 0 Å². The van der Waals surface area contributed by atoms with Gasteiger partial charge in [0.25, 0.3) is 5.91 Å². The summed E-state index contributed by atoms with van der Waals surface area (Å²) in [4.78, 5) is 17.1. The summed E-state index contributed by atoms with van der Waals surface area (Å²) in [6, 6.07) is 7.09. The van der Waals surface area contributed by atoms with Crippen molar-refractivity contribution in [3.05, 3.63) is 41.9 Å². The van der Waals surface area contributed by atoms with Gasteiger partial charge in [-0.15, -0.1) is 24.8 Å². The van der Waals surface area contributed by atoms with E-state index in [2.05, 4.69) is 20.7 Å². The third kappa shape index (κ3) is 4.03. The fraction of sp³-hybridized carbons (Fsp3) is 0.500. The predicted molar refractivity (Wildman–Crippen MR) is 106 cm³/mol. The molecular weight excluding hydrogens is 373 g/mol. The number of halogens is 2. The van der Waals surface area contributed by atoms with E-state index in [1.165, 1.54) is 12.8 Å². The van der Waals surface area contributed by atoms with Crippen LogP contribution < -0.4 is 10.6 Å². The number of nitrogens with one attached hydrogen (secondary N) is 2. The van der Waals surface area contributed by atoms with Gasteiger partial charge in [-0.3, -0.25) is 4.79 Å². The van der Waals surface area contributed by atoms with Crippen LogP contribution in [0.15, 0.2) is 30.6 Å². The Kier molecular flexibility index (Phi) is 7.03. The zero-order valence-electron chi connectivity index (χ0n) is 14.7. The normalized spacial score (nSPS) is 23.7. The monoisotopic (exact) mass is 397 g/mol. The number of hydrogen-bond donors (Lipinski definition) is 2. The van der Waals surface area contributed by atoms with E-state index in [0.717, 1.165) is 30.8 Å². The molecular formula is C18H25Cl2N5O. The van der Waals surface area contributed by atoms with Gasteiger partial charge in [-0.05, 0) is 44.2 Å². The molecule has 8 heteroatoms. The number of piperidine rings is 1. The highest BCUT2D eigenvalue weighted by atomic mass is 35.5. The number of pyridine rings is 1. The highest BCUT2D eigenvalue weighted by molar-refractivity contribution is 5.95. The van der Waals surface area contributed by atoms with E-state index in [0.29, 0.717) is 17.6 Å². The van der Waals surface area contributed by atoms with E-state index in [1.807, 2.05) is 25.1 Å². The second-order valence-corrected chi connectivity index (χ2v) is 6.74. The third-order valence-electron chi connectivity index (χ3n) is 5.12. The number of amides is 1. The number of nitrogens with zero attached hydrogens (tertiary/aromatic N) is 3. The molecule has 4 rings (SSSR count). The second kappa shape index (κ2) is 8.84. The lowest BCUT2D eigenvalue weighted by atomic mass is 9.99. The topological polar surface area (TPSA) is 71.8 Å². The molecule has 0 aromatic carbocycles. The largest absolute Gasteiger partial charge is 0.349 e. The van der Waals surface area contributed by atoms with Gasteiger partial charge < -0.3 is 10.6 Å². The van der Waals surface area contributed by atoms with E-state index in [4.69, 9.17) is 0 Å². The van der Waals surface area contributed by atoms with Crippen molar-refractivity contribution < 1.29 is 4.79 Å². The van der Waals surface area contributed by atoms with Crippen molar-refractivity contribution in [1.29, 1.82) is 0 Å². The van der Waals surface area contributed by atoms with Gasteiger partial charge in [0, 0.05) is 24.3 Å². The predicted octanol–water partition coefficient (Wildman–Crippen LogP) is 2.69. The Morgan fingerprint density at radius 2 is 2.00 bits per heavy atom. The minimum Gasteiger partial charge on any atom is -0.349 e. The molecule has 2 saturated heterocycles. The smallest absolute Gasteiger partial charge is 0.254 e. The molecule has 0 aliphatic carbocycles. The SMILES string of the molecule is CCc1c(C(=O)NC2CC3CCC(C2)N3)cnn1-c1ccccn1.Cl.Cl. The molecule has 2 aromatic heterocycles. The first-order valence-electron chi connectivity index (χ1n) is 8.79. The van der Waals surface area contributed by atoms with Gasteiger partial charge in [0.15, 0.2) is 5.82 Å². The molecule has 4 heterocycles. The molecule has 0 saturated carbocycles. The highest BCUT2D eigenvalue weighted by Crippen LogP contribution is 2.27. The molecule has 2 aliphatic rings. The molecule has 0 spiro atoms. The van der Waals surface area contributed by atoms with Crippen molar-refractivity contribution in [3.8, 4) is 5.82 Å². The third-order valence-corrected chi connectivity index (χ3v) is 5.12. The van der Waals surface area contributed by atoms with Gasteiger partial charge >= 0.3 is 0 Å². The summed E-state index contributed by atoms with van der Waals surface area (Å²) >= 11 is 0. The average Bonchev–Trinajstić information content (AvgIpc) is 3.18. The zero-order valence-corrected chi connectivity index (χ0v) is 16.4. The van der Waals surface area contributed by atoms with Crippen LogP contribution in [-0.4, -0.2) is 38.8 Å². The Morgan fingerprint density at radius 3 is 2.62 bits per heavy atom. The first-order valence-corrected chi connectivity index (χ1v) is 8.79. The minimum atomic E-state index is -0.0136. The molecule has 2 bridgehead atoms. The van der Waals surface area contributed by atoms with Crippen LogP contribution >= 0.6 is 24.8 Å². The number of fused-ring (bicyclic) bond motifs is 2. The molecule has 2 aliphatic heterocycles. The molecule has 2 aromatic rings. The van der Waals surface area contributed by atoms with Crippen LogP contribution in [0.4, 0.5) is 0 Å². The van der Waals surface area contributed by atoms with E-state index in [1.54, 1.807) is 17.1 Å². The maximum absolute atomic E-state index is 12.8. The van der Waals surface area contributed by atoms with Gasteiger partial charge in [0.2, 0.25) is 0 Å². The molecule has 2 unspecified atom stereocenters. The van der Waals surface area contributed by atoms with Crippen molar-refractivity contribution in [2.24, 2.45) is 0 Å². The fourth-order valence-electron chi connectivity index (χ4n) is 4.02. The Balaban J connectivity index is 0.00000121. The van der Waals surface area contributed by atoms with Crippen molar-refractivity contribution in [2.45, 2.75) is 57.2 Å². The van der Waals surface area contributed by atoms with Crippen molar-refractivity contribution in [2.75, 3.05) is 0 Å². The molecule has 2 atom stereocenters. The first-order chi connectivity index (χ1) is 11.7. The summed E-state index contributed by atoms with van der Waals surface area (Å²) in [7, 11) is 0. The Labute approximate surface area is 166 Å². The van der Waals surface area contributed by atoms with Crippen molar-refractivity contribution in [3.63, 3.8) is 0 Å². The number of carbonyl (C=O) groups excluding carboxylic acids is 1.